The van der Waals surface area contributed by atoms with Crippen LogP contribution in [0.5, 0.6) is 11.6 Å². The summed E-state index contributed by atoms with van der Waals surface area (Å²) in [5, 5.41) is 28.2. The van der Waals surface area contributed by atoms with Gasteiger partial charge in [0.2, 0.25) is 5.88 Å². The molecule has 4 aliphatic rings. The standard InChI is InChI=1S/C27H34N10O5/c1-26(2)9-10-42-19-13(5-4-6-14(19)26)22(39)31-17-12-37-25(29)32-16(20-27(37,21(17)38)34-24(28)33-20)11-30-23(40)15-7-8-18(41-3)36-35-15/h4-8,16-17,20-21,38H,9-12H2,1-3H3,(H2,29,32)(H,30,40)(H,31,39)(H3,28,33,34)/t16-,17?,20-,21+,27-/m0/s1. The van der Waals surface area contributed by atoms with Crippen molar-refractivity contribution < 1.29 is 24.2 Å². The number of aliphatic hydroxyl groups is 1. The molecule has 0 aliphatic carbocycles. The quantitative estimate of drug-likeness (QED) is 0.230. The summed E-state index contributed by atoms with van der Waals surface area (Å²) in [6.45, 7) is 4.92. The number of carbonyl (C=O) groups is 2. The highest BCUT2D eigenvalue weighted by atomic mass is 16.5. The second-order valence-electron chi connectivity index (χ2n) is 11.4. The molecule has 1 aromatic carbocycles. The van der Waals surface area contributed by atoms with Crippen molar-refractivity contribution in [3.05, 3.63) is 47.2 Å². The van der Waals surface area contributed by atoms with E-state index in [1.807, 2.05) is 12.1 Å². The van der Waals surface area contributed by atoms with Gasteiger partial charge in [0.1, 0.15) is 17.9 Å². The van der Waals surface area contributed by atoms with Crippen LogP contribution in [0.4, 0.5) is 0 Å². The number of rotatable bonds is 6. The molecule has 222 valence electrons. The number of aliphatic hydroxyl groups excluding tert-OH is 1. The fourth-order valence-electron chi connectivity index (χ4n) is 6.24. The van der Waals surface area contributed by atoms with Crippen LogP contribution in [0.25, 0.3) is 0 Å². The summed E-state index contributed by atoms with van der Waals surface area (Å²) < 4.78 is 10.9. The monoisotopic (exact) mass is 578 g/mol. The maximum absolute atomic E-state index is 13.6. The number of ether oxygens (including phenoxy) is 2. The first kappa shape index (κ1) is 27.5. The van der Waals surface area contributed by atoms with Crippen molar-refractivity contribution in [1.82, 2.24) is 31.0 Å². The zero-order valence-electron chi connectivity index (χ0n) is 23.5. The number of benzene rings is 1. The van der Waals surface area contributed by atoms with Gasteiger partial charge in [-0.15, -0.1) is 10.2 Å². The highest BCUT2D eigenvalue weighted by molar-refractivity contribution is 5.98. The minimum absolute atomic E-state index is 0.0268. The van der Waals surface area contributed by atoms with E-state index in [0.717, 1.165) is 12.0 Å². The van der Waals surface area contributed by atoms with Crippen LogP contribution >= 0.6 is 0 Å². The molecule has 8 N–H and O–H groups in total. The second kappa shape index (κ2) is 10.0. The topological polar surface area (TPSA) is 215 Å². The van der Waals surface area contributed by atoms with Crippen molar-refractivity contribution in [2.24, 2.45) is 21.5 Å². The highest BCUT2D eigenvalue weighted by Gasteiger charge is 2.65. The van der Waals surface area contributed by atoms with Gasteiger partial charge in [0.05, 0.1) is 31.4 Å². The van der Waals surface area contributed by atoms with Gasteiger partial charge in [-0.2, -0.15) is 0 Å². The molecule has 4 aliphatic heterocycles. The molecule has 2 aromatic rings. The average molecular weight is 579 g/mol. The molecule has 42 heavy (non-hydrogen) atoms. The molecule has 15 nitrogen and oxygen atoms in total. The van der Waals surface area contributed by atoms with E-state index >= 15 is 0 Å². The smallest absolute Gasteiger partial charge is 0.271 e. The van der Waals surface area contributed by atoms with Gasteiger partial charge in [0.15, 0.2) is 23.3 Å². The second-order valence-corrected chi connectivity index (χ2v) is 11.4. The van der Waals surface area contributed by atoms with Gasteiger partial charge in [-0.25, -0.2) is 9.98 Å². The summed E-state index contributed by atoms with van der Waals surface area (Å²) in [6.07, 6.45) is -0.348. The van der Waals surface area contributed by atoms with E-state index in [2.05, 4.69) is 50.0 Å². The first-order valence-electron chi connectivity index (χ1n) is 13.7. The van der Waals surface area contributed by atoms with Crippen molar-refractivity contribution in [1.29, 1.82) is 0 Å². The van der Waals surface area contributed by atoms with Crippen LogP contribution in [0.15, 0.2) is 40.3 Å². The summed E-state index contributed by atoms with van der Waals surface area (Å²) in [5.41, 5.74) is 12.5. The zero-order chi connectivity index (χ0) is 29.8. The molecule has 1 spiro atoms. The number of aromatic nitrogens is 2. The molecule has 1 unspecified atom stereocenters. The summed E-state index contributed by atoms with van der Waals surface area (Å²) >= 11 is 0. The van der Waals surface area contributed by atoms with Gasteiger partial charge < -0.3 is 46.9 Å². The Bertz CT molecular complexity index is 1480. The van der Waals surface area contributed by atoms with E-state index in [0.29, 0.717) is 17.9 Å². The molecule has 1 saturated heterocycles. The van der Waals surface area contributed by atoms with Gasteiger partial charge in [-0.05, 0) is 24.0 Å². The predicted molar refractivity (Wildman–Crippen MR) is 151 cm³/mol. The maximum atomic E-state index is 13.6. The molecule has 1 fully saturated rings. The average Bonchev–Trinajstić information content (AvgIpc) is 3.47. The van der Waals surface area contributed by atoms with Gasteiger partial charge >= 0.3 is 0 Å². The van der Waals surface area contributed by atoms with E-state index in [9.17, 15) is 14.7 Å². The molecule has 0 saturated carbocycles. The molecule has 2 amide bonds. The molecule has 5 heterocycles. The summed E-state index contributed by atoms with van der Waals surface area (Å²) in [7, 11) is 1.45. The SMILES string of the molecule is COc1ccc(C(=O)NC[C@@H]2N=C(N)N3CC(NC(=O)c4cccc5c4OCCC5(C)C)[C@@H](O)[C@@]34NC(N)=N[C@@H]24)nn1. The molecule has 5 atom stereocenters. The number of guanidine groups is 2. The third-order valence-electron chi connectivity index (χ3n) is 8.49. The number of amides is 2. The molecular weight excluding hydrogens is 544 g/mol. The molecule has 15 heteroatoms. The Morgan fingerprint density at radius 1 is 1.19 bits per heavy atom. The summed E-state index contributed by atoms with van der Waals surface area (Å²) in [5.74, 6) is 0.175. The lowest BCUT2D eigenvalue weighted by Gasteiger charge is -2.46. The number of hydrogen-bond acceptors (Lipinski definition) is 13. The third kappa shape index (κ3) is 4.31. The normalized spacial score (nSPS) is 28.6. The van der Waals surface area contributed by atoms with Crippen LogP contribution in [0.3, 0.4) is 0 Å². The highest BCUT2D eigenvalue weighted by Crippen LogP contribution is 2.42. The Hall–Kier alpha value is -4.66. The van der Waals surface area contributed by atoms with Crippen molar-refractivity contribution >= 4 is 23.7 Å². The van der Waals surface area contributed by atoms with Crippen LogP contribution in [0.1, 0.15) is 46.7 Å². The lowest BCUT2D eigenvalue weighted by atomic mass is 9.79. The molecule has 0 bridgehead atoms. The number of nitrogens with zero attached hydrogens (tertiary/aromatic N) is 5. The van der Waals surface area contributed by atoms with Crippen LogP contribution in [0.2, 0.25) is 0 Å². The molecule has 0 radical (unpaired) electrons. The van der Waals surface area contributed by atoms with Crippen LogP contribution < -0.4 is 36.9 Å². The number of para-hydroxylation sites is 1. The number of nitrogens with two attached hydrogens (primary N) is 2. The third-order valence-corrected chi connectivity index (χ3v) is 8.49. The number of nitrogens with one attached hydrogen (secondary N) is 3. The minimum Gasteiger partial charge on any atom is -0.492 e. The van der Waals surface area contributed by atoms with Crippen molar-refractivity contribution in [2.45, 2.75) is 55.6 Å². The predicted octanol–water partition coefficient (Wildman–Crippen LogP) is -1.57. The number of fused-ring (bicyclic) bond motifs is 1. The first-order chi connectivity index (χ1) is 20.0. The lowest BCUT2D eigenvalue weighted by Crippen LogP contribution is -2.73. The number of hydrogen-bond donors (Lipinski definition) is 6. The minimum atomic E-state index is -1.28. The lowest BCUT2D eigenvalue weighted by molar-refractivity contribution is 0.0143. The van der Waals surface area contributed by atoms with Gasteiger partial charge in [-0.3, -0.25) is 9.59 Å². The van der Waals surface area contributed by atoms with E-state index in [4.69, 9.17) is 20.9 Å². The molecular formula is C27H34N10O5. The van der Waals surface area contributed by atoms with Crippen molar-refractivity contribution in [2.75, 3.05) is 26.8 Å². The number of carbonyl (C=O) groups excluding carboxylic acids is 2. The largest absolute Gasteiger partial charge is 0.492 e. The van der Waals surface area contributed by atoms with Crippen LogP contribution in [-0.2, 0) is 5.41 Å². The van der Waals surface area contributed by atoms with E-state index < -0.39 is 35.8 Å². The fourth-order valence-corrected chi connectivity index (χ4v) is 6.24. The maximum Gasteiger partial charge on any atom is 0.271 e. The van der Waals surface area contributed by atoms with Gasteiger partial charge in [0, 0.05) is 24.7 Å². The summed E-state index contributed by atoms with van der Waals surface area (Å²) in [6, 6.07) is 6.38. The Kier molecular flexibility index (Phi) is 6.55. The van der Waals surface area contributed by atoms with Crippen molar-refractivity contribution in [3.8, 4) is 11.6 Å². The first-order valence-corrected chi connectivity index (χ1v) is 13.7. The van der Waals surface area contributed by atoms with Gasteiger partial charge in [0.25, 0.3) is 11.8 Å². The fraction of sp³-hybridized carbons (Fsp3) is 0.481. The zero-order valence-corrected chi connectivity index (χ0v) is 23.5. The van der Waals surface area contributed by atoms with Crippen molar-refractivity contribution in [3.63, 3.8) is 0 Å². The van der Waals surface area contributed by atoms with E-state index in [-0.39, 0.29) is 47.9 Å². The summed E-state index contributed by atoms with van der Waals surface area (Å²) in [4.78, 5) is 37.1. The molecule has 1 aromatic heterocycles. The number of aliphatic imine (C=N–C) groups is 2. The van der Waals surface area contributed by atoms with Gasteiger partial charge in [-0.1, -0.05) is 26.0 Å². The van der Waals surface area contributed by atoms with E-state index in [1.54, 1.807) is 11.0 Å². The Morgan fingerprint density at radius 2 is 2.00 bits per heavy atom. The Morgan fingerprint density at radius 3 is 2.74 bits per heavy atom. The van der Waals surface area contributed by atoms with E-state index in [1.165, 1.54) is 19.2 Å². The van der Waals surface area contributed by atoms with Crippen LogP contribution in [-0.4, -0.2) is 101 Å². The number of methoxy groups -OCH3 is 1. The Labute approximate surface area is 241 Å². The Balaban J connectivity index is 1.21. The van der Waals surface area contributed by atoms with Crippen LogP contribution in [0, 0.1) is 0 Å². The molecule has 6 rings (SSSR count).